The Morgan fingerprint density at radius 3 is 2.52 bits per heavy atom. The fourth-order valence-electron chi connectivity index (χ4n) is 2.50. The van der Waals surface area contributed by atoms with E-state index < -0.39 is 0 Å². The lowest BCUT2D eigenvalue weighted by molar-refractivity contribution is 0.286. The first-order valence-corrected chi connectivity index (χ1v) is 8.70. The molecule has 134 valence electrons. The fourth-order valence-corrected chi connectivity index (χ4v) is 2.86. The van der Waals surface area contributed by atoms with E-state index in [1.165, 1.54) is 0 Å². The van der Waals surface area contributed by atoms with Crippen LogP contribution >= 0.6 is 12.2 Å². The maximum Gasteiger partial charge on any atom is 0.174 e. The Hall–Kier alpha value is -2.18. The highest BCUT2D eigenvalue weighted by molar-refractivity contribution is 7.80. The molecule has 1 heterocycles. The molecule has 0 aliphatic rings. The summed E-state index contributed by atoms with van der Waals surface area (Å²) < 4.78 is 5.41. The van der Waals surface area contributed by atoms with E-state index >= 15 is 0 Å². The van der Waals surface area contributed by atoms with Crippen molar-refractivity contribution in [3.63, 3.8) is 0 Å². The lowest BCUT2D eigenvalue weighted by Crippen LogP contribution is -2.41. The van der Waals surface area contributed by atoms with Crippen LogP contribution in [0.1, 0.15) is 18.7 Å². The fraction of sp³-hybridized carbons (Fsp3) is 0.368. The molecular weight excluding hydrogens is 332 g/mol. The number of hydrogen-bond donors (Lipinski definition) is 1. The maximum atomic E-state index is 5.71. The van der Waals surface area contributed by atoms with Crippen molar-refractivity contribution >= 4 is 23.0 Å². The predicted molar refractivity (Wildman–Crippen MR) is 107 cm³/mol. The molecule has 25 heavy (non-hydrogen) atoms. The number of nitrogens with zero attached hydrogens (tertiary/aromatic N) is 3. The number of nitrogens with one attached hydrogen (secondary N) is 1. The zero-order valence-corrected chi connectivity index (χ0v) is 16.1. The molecule has 1 atom stereocenters. The van der Waals surface area contributed by atoms with Gasteiger partial charge in [0, 0.05) is 19.3 Å². The largest absolute Gasteiger partial charge is 0.495 e. The minimum absolute atomic E-state index is 0.0656. The van der Waals surface area contributed by atoms with Crippen LogP contribution in [-0.2, 0) is 0 Å². The van der Waals surface area contributed by atoms with Gasteiger partial charge in [-0.2, -0.15) is 0 Å². The van der Waals surface area contributed by atoms with E-state index in [1.807, 2.05) is 48.7 Å². The van der Waals surface area contributed by atoms with Crippen molar-refractivity contribution in [1.82, 2.24) is 14.8 Å². The summed E-state index contributed by atoms with van der Waals surface area (Å²) in [6.45, 7) is 3.81. The molecule has 0 aliphatic heterocycles. The predicted octanol–water partition coefficient (Wildman–Crippen LogP) is 3.41. The van der Waals surface area contributed by atoms with Gasteiger partial charge in [0.15, 0.2) is 5.11 Å². The molecular formula is C19H26N4OS. The summed E-state index contributed by atoms with van der Waals surface area (Å²) >= 11 is 5.71. The Labute approximate surface area is 155 Å². The molecule has 0 amide bonds. The highest BCUT2D eigenvalue weighted by atomic mass is 32.1. The average molecular weight is 359 g/mol. The number of anilines is 1. The van der Waals surface area contributed by atoms with Crippen LogP contribution in [0.4, 0.5) is 5.69 Å². The van der Waals surface area contributed by atoms with Crippen LogP contribution in [0.3, 0.4) is 0 Å². The Morgan fingerprint density at radius 2 is 1.88 bits per heavy atom. The summed E-state index contributed by atoms with van der Waals surface area (Å²) in [6, 6.07) is 13.8. The van der Waals surface area contributed by atoms with Gasteiger partial charge in [-0.1, -0.05) is 18.2 Å². The van der Waals surface area contributed by atoms with Crippen LogP contribution in [0.15, 0.2) is 48.7 Å². The van der Waals surface area contributed by atoms with E-state index in [1.54, 1.807) is 7.11 Å². The van der Waals surface area contributed by atoms with Gasteiger partial charge in [-0.3, -0.25) is 4.98 Å². The molecule has 1 aromatic carbocycles. The standard InChI is InChI=1S/C19H26N4OS/c1-15(16-9-7-8-12-20-16)23(14-13-22(2)3)19(25)21-17-10-5-6-11-18(17)24-4/h5-12,15H,13-14H2,1-4H3,(H,21,25). The molecule has 5 nitrogen and oxygen atoms in total. The van der Waals surface area contributed by atoms with E-state index in [0.29, 0.717) is 5.11 Å². The molecule has 0 fully saturated rings. The van der Waals surface area contributed by atoms with Crippen molar-refractivity contribution in [3.8, 4) is 5.75 Å². The van der Waals surface area contributed by atoms with E-state index in [0.717, 1.165) is 30.2 Å². The molecule has 0 aliphatic carbocycles. The second kappa shape index (κ2) is 9.34. The van der Waals surface area contributed by atoms with E-state index in [2.05, 4.69) is 41.1 Å². The van der Waals surface area contributed by atoms with Crippen LogP contribution < -0.4 is 10.1 Å². The van der Waals surface area contributed by atoms with Gasteiger partial charge in [0.1, 0.15) is 5.75 Å². The molecule has 6 heteroatoms. The van der Waals surface area contributed by atoms with Gasteiger partial charge < -0.3 is 19.9 Å². The van der Waals surface area contributed by atoms with Gasteiger partial charge in [-0.05, 0) is 57.5 Å². The molecule has 0 bridgehead atoms. The van der Waals surface area contributed by atoms with Crippen molar-refractivity contribution in [3.05, 3.63) is 54.4 Å². The molecule has 1 unspecified atom stereocenters. The van der Waals surface area contributed by atoms with E-state index in [-0.39, 0.29) is 6.04 Å². The first-order chi connectivity index (χ1) is 12.0. The normalized spacial score (nSPS) is 11.9. The van der Waals surface area contributed by atoms with Gasteiger partial charge in [0.25, 0.3) is 0 Å². The number of aromatic nitrogens is 1. The molecule has 1 N–H and O–H groups in total. The highest BCUT2D eigenvalue weighted by Crippen LogP contribution is 2.25. The van der Waals surface area contributed by atoms with Crippen LogP contribution in [-0.4, -0.2) is 54.2 Å². The number of rotatable bonds is 7. The maximum absolute atomic E-state index is 5.71. The molecule has 1 aromatic heterocycles. The van der Waals surface area contributed by atoms with Gasteiger partial charge in [0.05, 0.1) is 24.5 Å². The van der Waals surface area contributed by atoms with Crippen molar-refractivity contribution in [2.75, 3.05) is 39.6 Å². The SMILES string of the molecule is COc1ccccc1NC(=S)N(CCN(C)C)C(C)c1ccccn1. The summed E-state index contributed by atoms with van der Waals surface area (Å²) in [6.07, 6.45) is 1.81. The third kappa shape index (κ3) is 5.41. The lowest BCUT2D eigenvalue weighted by Gasteiger charge is -2.32. The topological polar surface area (TPSA) is 40.6 Å². The van der Waals surface area contributed by atoms with Crippen LogP contribution in [0, 0.1) is 0 Å². The monoisotopic (exact) mass is 358 g/mol. The Balaban J connectivity index is 2.20. The van der Waals surface area contributed by atoms with Crippen molar-refractivity contribution < 1.29 is 4.74 Å². The molecule has 0 saturated heterocycles. The smallest absolute Gasteiger partial charge is 0.174 e. The number of methoxy groups -OCH3 is 1. The summed E-state index contributed by atoms with van der Waals surface area (Å²) in [5, 5.41) is 3.98. The number of hydrogen-bond acceptors (Lipinski definition) is 4. The first-order valence-electron chi connectivity index (χ1n) is 8.29. The number of ether oxygens (including phenoxy) is 1. The Kier molecular flexibility index (Phi) is 7.16. The summed E-state index contributed by atoms with van der Waals surface area (Å²) in [7, 11) is 5.77. The van der Waals surface area contributed by atoms with Gasteiger partial charge in [0.2, 0.25) is 0 Å². The molecule has 0 spiro atoms. The zero-order valence-electron chi connectivity index (χ0n) is 15.3. The number of likely N-dealkylation sites (N-methyl/N-ethyl adjacent to an activating group) is 1. The molecule has 2 aromatic rings. The Bertz CT molecular complexity index is 678. The third-order valence-electron chi connectivity index (χ3n) is 3.98. The lowest BCUT2D eigenvalue weighted by atomic mass is 10.2. The number of benzene rings is 1. The van der Waals surface area contributed by atoms with E-state index in [4.69, 9.17) is 17.0 Å². The quantitative estimate of drug-likeness (QED) is 0.765. The number of pyridine rings is 1. The average Bonchev–Trinajstić information content (AvgIpc) is 2.62. The number of para-hydroxylation sites is 2. The number of thiocarbonyl (C=S) groups is 1. The third-order valence-corrected chi connectivity index (χ3v) is 4.32. The van der Waals surface area contributed by atoms with Crippen molar-refractivity contribution in [1.29, 1.82) is 0 Å². The second-order valence-electron chi connectivity index (χ2n) is 6.06. The minimum Gasteiger partial charge on any atom is -0.495 e. The molecule has 0 radical (unpaired) electrons. The van der Waals surface area contributed by atoms with E-state index in [9.17, 15) is 0 Å². The van der Waals surface area contributed by atoms with Crippen LogP contribution in [0.25, 0.3) is 0 Å². The van der Waals surface area contributed by atoms with Crippen molar-refractivity contribution in [2.45, 2.75) is 13.0 Å². The van der Waals surface area contributed by atoms with Crippen molar-refractivity contribution in [2.24, 2.45) is 0 Å². The Morgan fingerprint density at radius 1 is 1.16 bits per heavy atom. The van der Waals surface area contributed by atoms with Gasteiger partial charge in [-0.15, -0.1) is 0 Å². The zero-order chi connectivity index (χ0) is 18.2. The minimum atomic E-state index is 0.0656. The summed E-state index contributed by atoms with van der Waals surface area (Å²) in [5.41, 5.74) is 1.85. The second-order valence-corrected chi connectivity index (χ2v) is 6.44. The van der Waals surface area contributed by atoms with Crippen LogP contribution in [0.2, 0.25) is 0 Å². The van der Waals surface area contributed by atoms with Crippen LogP contribution in [0.5, 0.6) is 5.75 Å². The van der Waals surface area contributed by atoms with Gasteiger partial charge >= 0.3 is 0 Å². The molecule has 0 saturated carbocycles. The summed E-state index contributed by atoms with van der Waals surface area (Å²) in [5.74, 6) is 0.767. The first kappa shape index (κ1) is 19.1. The highest BCUT2D eigenvalue weighted by Gasteiger charge is 2.20. The molecule has 2 rings (SSSR count). The van der Waals surface area contributed by atoms with Gasteiger partial charge in [-0.25, -0.2) is 0 Å². The summed E-state index contributed by atoms with van der Waals surface area (Å²) in [4.78, 5) is 8.78.